The average Bonchev–Trinajstić information content (AvgIpc) is 2.36. The summed E-state index contributed by atoms with van der Waals surface area (Å²) < 4.78 is 5.33. The van der Waals surface area contributed by atoms with E-state index in [4.69, 9.17) is 4.74 Å². The largest absolute Gasteiger partial charge is 0.444 e. The van der Waals surface area contributed by atoms with Crippen LogP contribution in [0.4, 0.5) is 4.79 Å². The topological polar surface area (TPSA) is 46.6 Å². The lowest BCUT2D eigenvalue weighted by Crippen LogP contribution is -2.44. The van der Waals surface area contributed by atoms with Crippen LogP contribution in [0.25, 0.3) is 0 Å². The maximum absolute atomic E-state index is 12.0. The van der Waals surface area contributed by atoms with Crippen LogP contribution < -0.4 is 0 Å². The Morgan fingerprint density at radius 3 is 2.59 bits per heavy atom. The number of aldehydes is 1. The molecule has 4 heteroatoms. The van der Waals surface area contributed by atoms with Crippen molar-refractivity contribution in [1.29, 1.82) is 0 Å². The number of carbonyl (C=O) groups is 2. The highest BCUT2D eigenvalue weighted by Gasteiger charge is 2.30. The van der Waals surface area contributed by atoms with Crippen LogP contribution in [0.1, 0.15) is 47.0 Å². The molecule has 0 bridgehead atoms. The molecule has 0 aromatic carbocycles. The second kappa shape index (κ2) is 5.52. The average molecular weight is 241 g/mol. The van der Waals surface area contributed by atoms with Gasteiger partial charge in [-0.15, -0.1) is 0 Å². The minimum absolute atomic E-state index is 0.331. The van der Waals surface area contributed by atoms with Gasteiger partial charge in [0.25, 0.3) is 0 Å². The van der Waals surface area contributed by atoms with Crippen molar-refractivity contribution in [3.05, 3.63) is 0 Å². The van der Waals surface area contributed by atoms with Crippen LogP contribution in [0.2, 0.25) is 0 Å². The second-order valence-electron chi connectivity index (χ2n) is 5.86. The minimum atomic E-state index is -0.511. The fourth-order valence-corrected chi connectivity index (χ4v) is 2.11. The number of nitrogens with zero attached hydrogens (tertiary/aromatic N) is 1. The maximum Gasteiger partial charge on any atom is 0.410 e. The molecule has 17 heavy (non-hydrogen) atoms. The summed E-state index contributed by atoms with van der Waals surface area (Å²) >= 11 is 0. The van der Waals surface area contributed by atoms with Gasteiger partial charge in [-0.05, 0) is 46.0 Å². The normalized spacial score (nSPS) is 26.2. The number of carbonyl (C=O) groups excluding carboxylic acids is 2. The van der Waals surface area contributed by atoms with Crippen molar-refractivity contribution in [3.8, 4) is 0 Å². The van der Waals surface area contributed by atoms with E-state index in [9.17, 15) is 9.59 Å². The molecule has 1 aliphatic heterocycles. The van der Waals surface area contributed by atoms with E-state index in [1.165, 1.54) is 0 Å². The van der Waals surface area contributed by atoms with Crippen LogP contribution in [0, 0.1) is 5.92 Å². The molecular weight excluding hydrogens is 218 g/mol. The molecular formula is C13H23NO3. The van der Waals surface area contributed by atoms with Crippen LogP contribution in [0.3, 0.4) is 0 Å². The standard InChI is InChI=1S/C13H23NO3/c1-10-6-5-7-14(11(8-10)9-15)12(16)17-13(2,3)4/h9-11H,5-8H2,1-4H3/t10-,11?/m0/s1. The van der Waals surface area contributed by atoms with E-state index in [1.807, 2.05) is 20.8 Å². The molecule has 0 aliphatic carbocycles. The van der Waals surface area contributed by atoms with E-state index in [0.717, 1.165) is 25.5 Å². The maximum atomic E-state index is 12.0. The number of amides is 1. The first kappa shape index (κ1) is 14.0. The third-order valence-electron chi connectivity index (χ3n) is 2.93. The van der Waals surface area contributed by atoms with Gasteiger partial charge in [0.1, 0.15) is 11.9 Å². The zero-order valence-corrected chi connectivity index (χ0v) is 11.2. The molecule has 1 unspecified atom stereocenters. The lowest BCUT2D eigenvalue weighted by Gasteiger charge is -2.29. The fraction of sp³-hybridized carbons (Fsp3) is 0.846. The molecule has 1 aliphatic rings. The Kier molecular flexibility index (Phi) is 4.54. The first-order valence-corrected chi connectivity index (χ1v) is 6.28. The highest BCUT2D eigenvalue weighted by atomic mass is 16.6. The number of hydrogen-bond donors (Lipinski definition) is 0. The minimum Gasteiger partial charge on any atom is -0.444 e. The van der Waals surface area contributed by atoms with Gasteiger partial charge in [0.15, 0.2) is 0 Å². The number of ether oxygens (including phenoxy) is 1. The van der Waals surface area contributed by atoms with Gasteiger partial charge in [-0.2, -0.15) is 0 Å². The fourth-order valence-electron chi connectivity index (χ4n) is 2.11. The molecule has 1 fully saturated rings. The third kappa shape index (κ3) is 4.36. The van der Waals surface area contributed by atoms with Crippen LogP contribution in [-0.2, 0) is 9.53 Å². The highest BCUT2D eigenvalue weighted by molar-refractivity contribution is 5.73. The van der Waals surface area contributed by atoms with E-state index in [-0.39, 0.29) is 12.1 Å². The smallest absolute Gasteiger partial charge is 0.410 e. The van der Waals surface area contributed by atoms with Crippen LogP contribution in [0.5, 0.6) is 0 Å². The quantitative estimate of drug-likeness (QED) is 0.663. The summed E-state index contributed by atoms with van der Waals surface area (Å²) in [4.78, 5) is 24.6. The molecule has 0 N–H and O–H groups in total. The van der Waals surface area contributed by atoms with E-state index in [2.05, 4.69) is 6.92 Å². The van der Waals surface area contributed by atoms with Crippen molar-refractivity contribution in [2.24, 2.45) is 5.92 Å². The Morgan fingerprint density at radius 1 is 1.41 bits per heavy atom. The van der Waals surface area contributed by atoms with Crippen molar-refractivity contribution in [2.45, 2.75) is 58.6 Å². The Labute approximate surface area is 103 Å². The van der Waals surface area contributed by atoms with Gasteiger partial charge in [0.05, 0.1) is 6.04 Å². The molecule has 1 saturated heterocycles. The molecule has 4 nitrogen and oxygen atoms in total. The van der Waals surface area contributed by atoms with E-state index >= 15 is 0 Å². The number of hydrogen-bond acceptors (Lipinski definition) is 3. The second-order valence-corrected chi connectivity index (χ2v) is 5.86. The predicted octanol–water partition coefficient (Wildman–Crippen LogP) is 2.61. The third-order valence-corrected chi connectivity index (χ3v) is 2.93. The molecule has 1 heterocycles. The van der Waals surface area contributed by atoms with Crippen molar-refractivity contribution in [1.82, 2.24) is 4.90 Å². The summed E-state index contributed by atoms with van der Waals surface area (Å²) in [5.74, 6) is 0.484. The molecule has 1 amide bonds. The summed E-state index contributed by atoms with van der Waals surface area (Å²) in [6, 6.07) is -0.331. The van der Waals surface area contributed by atoms with Crippen molar-refractivity contribution < 1.29 is 14.3 Å². The van der Waals surface area contributed by atoms with Crippen molar-refractivity contribution in [2.75, 3.05) is 6.54 Å². The Morgan fingerprint density at radius 2 is 2.06 bits per heavy atom. The zero-order chi connectivity index (χ0) is 13.1. The van der Waals surface area contributed by atoms with Gasteiger partial charge in [-0.1, -0.05) is 6.92 Å². The van der Waals surface area contributed by atoms with Gasteiger partial charge in [0, 0.05) is 6.54 Å². The molecule has 0 radical (unpaired) electrons. The van der Waals surface area contributed by atoms with Crippen LogP contribution >= 0.6 is 0 Å². The summed E-state index contributed by atoms with van der Waals surface area (Å²) in [5.41, 5.74) is -0.511. The summed E-state index contributed by atoms with van der Waals surface area (Å²) in [6.45, 7) is 8.24. The summed E-state index contributed by atoms with van der Waals surface area (Å²) in [6.07, 6.45) is 3.23. The first-order valence-electron chi connectivity index (χ1n) is 6.28. The van der Waals surface area contributed by atoms with E-state index in [0.29, 0.717) is 12.5 Å². The van der Waals surface area contributed by atoms with Crippen LogP contribution in [-0.4, -0.2) is 35.5 Å². The Bertz CT molecular complexity index is 283. The molecule has 0 saturated carbocycles. The number of likely N-dealkylation sites (tertiary alicyclic amines) is 1. The molecule has 1 rings (SSSR count). The van der Waals surface area contributed by atoms with Gasteiger partial charge in [0.2, 0.25) is 0 Å². The summed E-state index contributed by atoms with van der Waals surface area (Å²) in [5, 5.41) is 0. The van der Waals surface area contributed by atoms with Crippen molar-refractivity contribution in [3.63, 3.8) is 0 Å². The highest BCUT2D eigenvalue weighted by Crippen LogP contribution is 2.22. The number of rotatable bonds is 1. The predicted molar refractivity (Wildman–Crippen MR) is 65.8 cm³/mol. The van der Waals surface area contributed by atoms with Crippen molar-refractivity contribution >= 4 is 12.4 Å². The molecule has 0 aromatic rings. The van der Waals surface area contributed by atoms with Gasteiger partial charge in [-0.3, -0.25) is 4.90 Å². The first-order chi connectivity index (χ1) is 7.83. The molecule has 0 aromatic heterocycles. The Balaban J connectivity index is 2.72. The Hall–Kier alpha value is -1.06. The van der Waals surface area contributed by atoms with Gasteiger partial charge >= 0.3 is 6.09 Å². The molecule has 98 valence electrons. The molecule has 2 atom stereocenters. The van der Waals surface area contributed by atoms with Crippen LogP contribution in [0.15, 0.2) is 0 Å². The lowest BCUT2D eigenvalue weighted by molar-refractivity contribution is -0.112. The zero-order valence-electron chi connectivity index (χ0n) is 11.2. The van der Waals surface area contributed by atoms with E-state index in [1.54, 1.807) is 4.90 Å². The lowest BCUT2D eigenvalue weighted by atomic mass is 10.00. The SMILES string of the molecule is C[C@H]1CCCN(C(=O)OC(C)(C)C)C(C=O)C1. The monoisotopic (exact) mass is 241 g/mol. The van der Waals surface area contributed by atoms with E-state index < -0.39 is 5.60 Å². The summed E-state index contributed by atoms with van der Waals surface area (Å²) in [7, 11) is 0. The van der Waals surface area contributed by atoms with Gasteiger partial charge < -0.3 is 9.53 Å². The molecule has 0 spiro atoms. The van der Waals surface area contributed by atoms with Gasteiger partial charge in [-0.25, -0.2) is 4.79 Å².